The van der Waals surface area contributed by atoms with Gasteiger partial charge in [0.15, 0.2) is 10.4 Å². The molecule has 2 aromatic rings. The van der Waals surface area contributed by atoms with Gasteiger partial charge in [-0.3, -0.25) is 0 Å². The van der Waals surface area contributed by atoms with Crippen LogP contribution in [0.1, 0.15) is 17.8 Å². The Kier molecular flexibility index (Phi) is 5.27. The van der Waals surface area contributed by atoms with Crippen LogP contribution in [0.4, 0.5) is 0 Å². The van der Waals surface area contributed by atoms with Crippen LogP contribution >= 0.6 is 33.9 Å². The predicted octanol–water partition coefficient (Wildman–Crippen LogP) is 3.73. The first-order valence-electron chi connectivity index (χ1n) is 6.32. The van der Waals surface area contributed by atoms with Crippen LogP contribution in [-0.2, 0) is 6.54 Å². The van der Waals surface area contributed by atoms with Crippen molar-refractivity contribution in [2.24, 2.45) is 0 Å². The van der Waals surface area contributed by atoms with Crippen LogP contribution in [0, 0.1) is 6.92 Å². The Morgan fingerprint density at radius 1 is 1.16 bits per heavy atom. The van der Waals surface area contributed by atoms with Gasteiger partial charge >= 0.3 is 0 Å². The van der Waals surface area contributed by atoms with E-state index in [-0.39, 0.29) is 0 Å². The lowest BCUT2D eigenvalue weighted by molar-refractivity contribution is -0.673. The van der Waals surface area contributed by atoms with Gasteiger partial charge in [-0.2, -0.15) is 4.57 Å². The molecule has 0 bridgehead atoms. The van der Waals surface area contributed by atoms with Gasteiger partial charge in [0.2, 0.25) is 5.01 Å². The van der Waals surface area contributed by atoms with Crippen molar-refractivity contribution in [2.75, 3.05) is 18.6 Å². The van der Waals surface area contributed by atoms with Gasteiger partial charge < -0.3 is 9.47 Å². The number of hydrogen-bond acceptors (Lipinski definition) is 3. The number of nitrogens with zero attached hydrogens (tertiary/aromatic N) is 1. The maximum absolute atomic E-state index is 5.52. The van der Waals surface area contributed by atoms with E-state index in [2.05, 4.69) is 34.1 Å². The van der Waals surface area contributed by atoms with Gasteiger partial charge in [-0.05, 0) is 23.0 Å². The number of aryl methyl sites for hydroxylation is 2. The number of aromatic nitrogens is 1. The lowest BCUT2D eigenvalue weighted by Gasteiger charge is -2.04. The minimum absolute atomic E-state index is 0.926. The van der Waals surface area contributed by atoms with E-state index >= 15 is 0 Å². The van der Waals surface area contributed by atoms with Crippen LogP contribution in [0.15, 0.2) is 12.1 Å². The van der Waals surface area contributed by atoms with E-state index in [0.29, 0.717) is 0 Å². The molecule has 0 N–H and O–H groups in total. The second kappa shape index (κ2) is 6.74. The first-order valence-corrected chi connectivity index (χ1v) is 8.67. The molecule has 2 rings (SSSR count). The molecular weight excluding hydrogens is 373 g/mol. The minimum atomic E-state index is 0.926. The number of unbranched alkanes of at least 4 members (excludes halogenated alkanes) is 1. The van der Waals surface area contributed by atoms with Crippen molar-refractivity contribution < 1.29 is 14.0 Å². The highest BCUT2D eigenvalue weighted by Crippen LogP contribution is 2.35. The molecule has 0 aliphatic rings. The molecular formula is C14H19INO2S+. The number of fused-ring (bicyclic) bond motifs is 1. The van der Waals surface area contributed by atoms with Gasteiger partial charge in [0.05, 0.1) is 14.2 Å². The number of thiazole rings is 1. The lowest BCUT2D eigenvalue weighted by atomic mass is 10.2. The Bertz CT molecular complexity index is 568. The fourth-order valence-corrected chi connectivity index (χ4v) is 3.90. The monoisotopic (exact) mass is 392 g/mol. The highest BCUT2D eigenvalue weighted by molar-refractivity contribution is 14.1. The second-order valence-electron chi connectivity index (χ2n) is 4.32. The van der Waals surface area contributed by atoms with Crippen LogP contribution in [0.2, 0.25) is 0 Å². The van der Waals surface area contributed by atoms with E-state index in [0.717, 1.165) is 23.6 Å². The SMILES string of the molecule is COc1ccc(OC)c2c1sc(C)[n+]2CCCCI. The fraction of sp³-hybridized carbons (Fsp3) is 0.500. The molecule has 0 radical (unpaired) electrons. The maximum atomic E-state index is 5.52. The lowest BCUT2D eigenvalue weighted by Crippen LogP contribution is -2.35. The van der Waals surface area contributed by atoms with Crippen molar-refractivity contribution in [1.82, 2.24) is 0 Å². The van der Waals surface area contributed by atoms with Gasteiger partial charge in [-0.15, -0.1) is 0 Å². The molecule has 0 amide bonds. The standard InChI is InChI=1S/C14H19INO2S/c1-10-16(9-5-4-8-15)13-11(17-2)6-7-12(18-3)14(13)19-10/h6-7H,4-5,8-9H2,1-3H3/q+1. The molecule has 3 nitrogen and oxygen atoms in total. The zero-order valence-electron chi connectivity index (χ0n) is 11.5. The average molecular weight is 392 g/mol. The topological polar surface area (TPSA) is 22.3 Å². The van der Waals surface area contributed by atoms with E-state index in [4.69, 9.17) is 9.47 Å². The number of hydrogen-bond donors (Lipinski definition) is 0. The number of benzene rings is 1. The largest absolute Gasteiger partial charge is 0.495 e. The third kappa shape index (κ3) is 2.97. The van der Waals surface area contributed by atoms with E-state index in [1.165, 1.54) is 27.0 Å². The molecule has 0 aliphatic carbocycles. The zero-order chi connectivity index (χ0) is 13.8. The molecule has 1 aromatic heterocycles. The summed E-state index contributed by atoms with van der Waals surface area (Å²) in [7, 11) is 3.44. The third-order valence-electron chi connectivity index (χ3n) is 3.16. The van der Waals surface area contributed by atoms with Gasteiger partial charge in [-0.25, -0.2) is 0 Å². The quantitative estimate of drug-likeness (QED) is 0.324. The number of alkyl halides is 1. The first kappa shape index (κ1) is 14.8. The molecule has 19 heavy (non-hydrogen) atoms. The smallest absolute Gasteiger partial charge is 0.269 e. The molecule has 104 valence electrons. The van der Waals surface area contributed by atoms with Crippen molar-refractivity contribution in [3.8, 4) is 11.5 Å². The maximum Gasteiger partial charge on any atom is 0.269 e. The van der Waals surface area contributed by atoms with E-state index in [1.807, 2.05) is 12.1 Å². The summed E-state index contributed by atoms with van der Waals surface area (Å²) in [5.74, 6) is 1.85. The highest BCUT2D eigenvalue weighted by Gasteiger charge is 2.24. The average Bonchev–Trinajstić information content (AvgIpc) is 2.75. The molecule has 0 saturated heterocycles. The number of halogens is 1. The van der Waals surface area contributed by atoms with Crippen LogP contribution in [0.25, 0.3) is 10.2 Å². The van der Waals surface area contributed by atoms with Crippen LogP contribution in [0.3, 0.4) is 0 Å². The Morgan fingerprint density at radius 3 is 2.47 bits per heavy atom. The Labute approximate surface area is 131 Å². The summed E-state index contributed by atoms with van der Waals surface area (Å²) in [6.07, 6.45) is 2.44. The van der Waals surface area contributed by atoms with Crippen LogP contribution in [-0.4, -0.2) is 18.6 Å². The Balaban J connectivity index is 2.52. The zero-order valence-corrected chi connectivity index (χ0v) is 14.5. The highest BCUT2D eigenvalue weighted by atomic mass is 127. The van der Waals surface area contributed by atoms with Gasteiger partial charge in [-0.1, -0.05) is 33.9 Å². The summed E-state index contributed by atoms with van der Waals surface area (Å²) in [4.78, 5) is 0. The summed E-state index contributed by atoms with van der Waals surface area (Å²) >= 11 is 4.20. The van der Waals surface area contributed by atoms with Crippen LogP contribution < -0.4 is 14.0 Å². The van der Waals surface area contributed by atoms with Crippen molar-refractivity contribution in [1.29, 1.82) is 0 Å². The number of rotatable bonds is 6. The predicted molar refractivity (Wildman–Crippen MR) is 88.0 cm³/mol. The molecule has 5 heteroatoms. The molecule has 0 aliphatic heterocycles. The fourth-order valence-electron chi connectivity index (χ4n) is 2.21. The first-order chi connectivity index (χ1) is 9.22. The molecule has 0 unspecified atom stereocenters. The van der Waals surface area contributed by atoms with Gasteiger partial charge in [0.25, 0.3) is 5.52 Å². The number of ether oxygens (including phenoxy) is 2. The molecule has 1 heterocycles. The normalized spacial score (nSPS) is 10.9. The van der Waals surface area contributed by atoms with E-state index in [1.54, 1.807) is 25.6 Å². The van der Waals surface area contributed by atoms with Crippen molar-refractivity contribution >= 4 is 44.1 Å². The number of methoxy groups -OCH3 is 2. The van der Waals surface area contributed by atoms with Gasteiger partial charge in [0.1, 0.15) is 12.3 Å². The van der Waals surface area contributed by atoms with Crippen molar-refractivity contribution in [3.05, 3.63) is 17.1 Å². The van der Waals surface area contributed by atoms with Crippen LogP contribution in [0.5, 0.6) is 11.5 Å². The minimum Gasteiger partial charge on any atom is -0.495 e. The summed E-state index contributed by atoms with van der Waals surface area (Å²) in [5, 5.41) is 1.30. The molecule has 0 fully saturated rings. The molecule has 0 saturated carbocycles. The Morgan fingerprint density at radius 2 is 1.84 bits per heavy atom. The molecule has 1 aromatic carbocycles. The molecule has 0 spiro atoms. The van der Waals surface area contributed by atoms with E-state index in [9.17, 15) is 0 Å². The summed E-state index contributed by atoms with van der Waals surface area (Å²) in [6.45, 7) is 3.20. The summed E-state index contributed by atoms with van der Waals surface area (Å²) < 4.78 is 15.7. The third-order valence-corrected chi connectivity index (χ3v) is 5.04. The van der Waals surface area contributed by atoms with Gasteiger partial charge in [0, 0.05) is 13.3 Å². The van der Waals surface area contributed by atoms with Crippen molar-refractivity contribution in [2.45, 2.75) is 26.3 Å². The summed E-state index contributed by atoms with van der Waals surface area (Å²) in [6, 6.07) is 3.97. The Hall–Kier alpha value is -0.560. The molecule has 0 atom stereocenters. The van der Waals surface area contributed by atoms with E-state index < -0.39 is 0 Å². The second-order valence-corrected chi connectivity index (χ2v) is 6.60. The van der Waals surface area contributed by atoms with Crippen molar-refractivity contribution in [3.63, 3.8) is 0 Å². The summed E-state index contributed by atoms with van der Waals surface area (Å²) in [5.41, 5.74) is 1.16.